The van der Waals surface area contributed by atoms with Crippen molar-refractivity contribution < 1.29 is 22.7 Å². The summed E-state index contributed by atoms with van der Waals surface area (Å²) in [4.78, 5) is 29.2. The van der Waals surface area contributed by atoms with E-state index >= 15 is 0 Å². The fourth-order valence-corrected chi connectivity index (χ4v) is 6.75. The third-order valence-electron chi connectivity index (χ3n) is 7.28. The van der Waals surface area contributed by atoms with Crippen LogP contribution in [0.15, 0.2) is 83.8 Å². The van der Waals surface area contributed by atoms with Crippen LogP contribution in [0.25, 0.3) is 0 Å². The number of rotatable bonds is 12. The number of hydrogen-bond acceptors (Lipinski definition) is 5. The van der Waals surface area contributed by atoms with E-state index < -0.39 is 28.5 Å². The smallest absolute Gasteiger partial charge is 0.264 e. The van der Waals surface area contributed by atoms with E-state index in [0.717, 1.165) is 35.6 Å². The maximum Gasteiger partial charge on any atom is 0.264 e. The molecule has 3 aromatic rings. The van der Waals surface area contributed by atoms with Crippen LogP contribution >= 0.6 is 11.6 Å². The fourth-order valence-electron chi connectivity index (χ4n) is 5.13. The molecule has 4 rings (SSSR count). The SMILES string of the molecule is CCC(C(=O)NC1CCCC1)N(Cc1cccc(OC)c1)C(=O)CN(c1cccc(Cl)c1)S(=O)(=O)c1ccccc1. The van der Waals surface area contributed by atoms with E-state index in [-0.39, 0.29) is 29.1 Å². The van der Waals surface area contributed by atoms with Crippen molar-refractivity contribution in [3.63, 3.8) is 0 Å². The van der Waals surface area contributed by atoms with Crippen molar-refractivity contribution in [2.45, 2.75) is 62.6 Å². The summed E-state index contributed by atoms with van der Waals surface area (Å²) in [6.07, 6.45) is 4.28. The molecule has 1 fully saturated rings. The van der Waals surface area contributed by atoms with Gasteiger partial charge < -0.3 is 15.0 Å². The molecule has 1 aliphatic rings. The number of benzene rings is 3. The van der Waals surface area contributed by atoms with Crippen molar-refractivity contribution >= 4 is 39.1 Å². The van der Waals surface area contributed by atoms with E-state index in [4.69, 9.17) is 16.3 Å². The molecule has 218 valence electrons. The lowest BCUT2D eigenvalue weighted by Gasteiger charge is -2.34. The molecular formula is C31H36ClN3O5S. The Morgan fingerprint density at radius 2 is 1.71 bits per heavy atom. The number of carbonyl (C=O) groups is 2. The lowest BCUT2D eigenvalue weighted by atomic mass is 10.1. The topological polar surface area (TPSA) is 96.0 Å². The summed E-state index contributed by atoms with van der Waals surface area (Å²) in [6.45, 7) is 1.43. The Labute approximate surface area is 247 Å². The average molecular weight is 598 g/mol. The van der Waals surface area contributed by atoms with E-state index in [0.29, 0.717) is 17.2 Å². The highest BCUT2D eigenvalue weighted by Gasteiger charge is 2.34. The zero-order chi connectivity index (χ0) is 29.4. The van der Waals surface area contributed by atoms with Gasteiger partial charge in [0.05, 0.1) is 17.7 Å². The van der Waals surface area contributed by atoms with Gasteiger partial charge in [-0.2, -0.15) is 0 Å². The van der Waals surface area contributed by atoms with Gasteiger partial charge in [0.25, 0.3) is 10.0 Å². The minimum Gasteiger partial charge on any atom is -0.497 e. The highest BCUT2D eigenvalue weighted by molar-refractivity contribution is 7.92. The van der Waals surface area contributed by atoms with Crippen LogP contribution in [-0.2, 0) is 26.2 Å². The minimum absolute atomic E-state index is 0.0399. The predicted molar refractivity (Wildman–Crippen MR) is 160 cm³/mol. The summed E-state index contributed by atoms with van der Waals surface area (Å²) in [7, 11) is -2.59. The molecule has 0 radical (unpaired) electrons. The number of ether oxygens (including phenoxy) is 1. The fraction of sp³-hybridized carbons (Fsp3) is 0.355. The Kier molecular flexibility index (Phi) is 10.3. The van der Waals surface area contributed by atoms with Gasteiger partial charge in [-0.25, -0.2) is 8.42 Å². The first kappa shape index (κ1) is 30.4. The molecule has 0 heterocycles. The zero-order valence-corrected chi connectivity index (χ0v) is 24.9. The standard InChI is InChI=1S/C31H36ClN3O5S/c1-3-29(31(37)33-25-13-7-8-14-25)34(21-23-11-9-16-27(19-23)40-2)30(36)22-35(26-15-10-12-24(32)20-26)41(38,39)28-17-5-4-6-18-28/h4-6,9-12,15-20,25,29H,3,7-8,13-14,21-22H2,1-2H3,(H,33,37). The van der Waals surface area contributed by atoms with Gasteiger partial charge >= 0.3 is 0 Å². The largest absolute Gasteiger partial charge is 0.497 e. The van der Waals surface area contributed by atoms with Gasteiger partial charge in [0.15, 0.2) is 0 Å². The van der Waals surface area contributed by atoms with Gasteiger partial charge in [0.2, 0.25) is 11.8 Å². The summed E-state index contributed by atoms with van der Waals surface area (Å²) in [5.74, 6) is -0.137. The van der Waals surface area contributed by atoms with Crippen LogP contribution in [0.3, 0.4) is 0 Å². The number of anilines is 1. The molecular weight excluding hydrogens is 562 g/mol. The van der Waals surface area contributed by atoms with Gasteiger partial charge in [-0.3, -0.25) is 13.9 Å². The van der Waals surface area contributed by atoms with Crippen LogP contribution in [0.5, 0.6) is 5.75 Å². The lowest BCUT2D eigenvalue weighted by Crippen LogP contribution is -2.53. The van der Waals surface area contributed by atoms with Crippen LogP contribution in [0.4, 0.5) is 5.69 Å². The Balaban J connectivity index is 1.71. The predicted octanol–water partition coefficient (Wildman–Crippen LogP) is 5.41. The van der Waals surface area contributed by atoms with E-state index in [1.165, 1.54) is 23.1 Å². The summed E-state index contributed by atoms with van der Waals surface area (Å²) in [5.41, 5.74) is 1.00. The number of sulfonamides is 1. The molecule has 1 saturated carbocycles. The molecule has 2 amide bonds. The summed E-state index contributed by atoms with van der Waals surface area (Å²) >= 11 is 6.23. The van der Waals surface area contributed by atoms with Crippen LogP contribution in [-0.4, -0.2) is 50.9 Å². The number of carbonyl (C=O) groups excluding carboxylic acids is 2. The summed E-state index contributed by atoms with van der Waals surface area (Å²) < 4.78 is 34.1. The van der Waals surface area contributed by atoms with Crippen molar-refractivity contribution in [3.05, 3.63) is 89.4 Å². The molecule has 0 bridgehead atoms. The third-order valence-corrected chi connectivity index (χ3v) is 9.30. The molecule has 1 N–H and O–H groups in total. The number of halogens is 1. The van der Waals surface area contributed by atoms with Crippen molar-refractivity contribution in [3.8, 4) is 5.75 Å². The van der Waals surface area contributed by atoms with E-state index in [1.54, 1.807) is 55.6 Å². The maximum absolute atomic E-state index is 14.2. The molecule has 0 spiro atoms. The first-order valence-electron chi connectivity index (χ1n) is 13.8. The Morgan fingerprint density at radius 3 is 2.37 bits per heavy atom. The Morgan fingerprint density at radius 1 is 1.00 bits per heavy atom. The monoisotopic (exact) mass is 597 g/mol. The average Bonchev–Trinajstić information content (AvgIpc) is 3.49. The summed E-state index contributed by atoms with van der Waals surface area (Å²) in [6, 6.07) is 20.8. The molecule has 0 aromatic heterocycles. The van der Waals surface area contributed by atoms with Crippen molar-refractivity contribution in [1.82, 2.24) is 10.2 Å². The van der Waals surface area contributed by atoms with Gasteiger partial charge in [0, 0.05) is 17.6 Å². The molecule has 41 heavy (non-hydrogen) atoms. The molecule has 0 aliphatic heterocycles. The van der Waals surface area contributed by atoms with E-state index in [9.17, 15) is 18.0 Å². The number of nitrogens with one attached hydrogen (secondary N) is 1. The molecule has 1 unspecified atom stereocenters. The lowest BCUT2D eigenvalue weighted by molar-refractivity contribution is -0.140. The zero-order valence-electron chi connectivity index (χ0n) is 23.3. The van der Waals surface area contributed by atoms with Gasteiger partial charge in [-0.05, 0) is 67.3 Å². The summed E-state index contributed by atoms with van der Waals surface area (Å²) in [5, 5.41) is 3.45. The second-order valence-corrected chi connectivity index (χ2v) is 12.4. The quantitative estimate of drug-likeness (QED) is 0.301. The number of hydrogen-bond donors (Lipinski definition) is 1. The number of methoxy groups -OCH3 is 1. The van der Waals surface area contributed by atoms with Gasteiger partial charge in [0.1, 0.15) is 18.3 Å². The molecule has 0 saturated heterocycles. The van der Waals surface area contributed by atoms with Crippen LogP contribution in [0.1, 0.15) is 44.6 Å². The van der Waals surface area contributed by atoms with Crippen molar-refractivity contribution in [1.29, 1.82) is 0 Å². The van der Waals surface area contributed by atoms with Crippen LogP contribution in [0.2, 0.25) is 5.02 Å². The molecule has 10 heteroatoms. The second-order valence-electron chi connectivity index (χ2n) is 10.1. The normalized spacial score (nSPS) is 14.3. The van der Waals surface area contributed by atoms with E-state index in [1.807, 2.05) is 19.1 Å². The number of amides is 2. The molecule has 3 aromatic carbocycles. The van der Waals surface area contributed by atoms with Crippen LogP contribution < -0.4 is 14.4 Å². The van der Waals surface area contributed by atoms with Crippen LogP contribution in [0, 0.1) is 0 Å². The highest BCUT2D eigenvalue weighted by atomic mass is 35.5. The van der Waals surface area contributed by atoms with Crippen molar-refractivity contribution in [2.24, 2.45) is 0 Å². The highest BCUT2D eigenvalue weighted by Crippen LogP contribution is 2.27. The molecule has 1 aliphatic carbocycles. The minimum atomic E-state index is -4.15. The molecule has 1 atom stereocenters. The Hall–Kier alpha value is -3.56. The van der Waals surface area contributed by atoms with E-state index in [2.05, 4.69) is 5.32 Å². The van der Waals surface area contributed by atoms with Crippen molar-refractivity contribution in [2.75, 3.05) is 18.0 Å². The maximum atomic E-state index is 14.2. The van der Waals surface area contributed by atoms with Gasteiger partial charge in [-0.15, -0.1) is 0 Å². The first-order valence-corrected chi connectivity index (χ1v) is 15.6. The molecule has 8 nitrogen and oxygen atoms in total. The Bertz CT molecular complexity index is 1440. The first-order chi connectivity index (χ1) is 19.7. The number of nitrogens with zero attached hydrogens (tertiary/aromatic N) is 2. The second kappa shape index (κ2) is 13.9. The van der Waals surface area contributed by atoms with Gasteiger partial charge in [-0.1, -0.05) is 67.8 Å². The third kappa shape index (κ3) is 7.59.